The normalized spacial score (nSPS) is 12.1. The first-order chi connectivity index (χ1) is 8.93. The number of carbonyl (C=O) groups excluding carboxylic acids is 2. The summed E-state index contributed by atoms with van der Waals surface area (Å²) >= 11 is 0. The summed E-state index contributed by atoms with van der Waals surface area (Å²) in [4.78, 5) is 25.1. The highest BCUT2D eigenvalue weighted by Gasteiger charge is 2.16. The van der Waals surface area contributed by atoms with Crippen molar-refractivity contribution in [3.63, 3.8) is 0 Å². The molecule has 0 aromatic heterocycles. The summed E-state index contributed by atoms with van der Waals surface area (Å²) in [5, 5.41) is 2.58. The minimum Gasteiger partial charge on any atom is -0.467 e. The summed E-state index contributed by atoms with van der Waals surface area (Å²) < 4.78 is 4.55. The number of nitrogens with one attached hydrogen (secondary N) is 1. The Bertz CT molecular complexity index is 441. The molecule has 104 valence electrons. The van der Waals surface area contributed by atoms with Crippen LogP contribution in [0.3, 0.4) is 0 Å². The first kappa shape index (κ1) is 15.2. The second-order valence-electron chi connectivity index (χ2n) is 4.65. The third-order valence-corrected chi connectivity index (χ3v) is 2.62. The van der Waals surface area contributed by atoms with Crippen molar-refractivity contribution in [3.8, 4) is 0 Å². The first-order valence-corrected chi connectivity index (χ1v) is 6.06. The standard InChI is InChI=1S/C14H20N2O3/c1-10(14(18)19-4)15-13(17)12-7-5-11(6-8-12)9-16(2)3/h5-8,10H,9H2,1-4H3,(H,15,17). The lowest BCUT2D eigenvalue weighted by Crippen LogP contribution is -2.39. The van der Waals surface area contributed by atoms with Gasteiger partial charge in [0.2, 0.25) is 0 Å². The molecule has 1 aromatic rings. The highest BCUT2D eigenvalue weighted by Crippen LogP contribution is 2.06. The van der Waals surface area contributed by atoms with Crippen molar-refractivity contribution in [2.45, 2.75) is 19.5 Å². The summed E-state index contributed by atoms with van der Waals surface area (Å²) in [6, 6.07) is 6.64. The molecule has 1 amide bonds. The van der Waals surface area contributed by atoms with Crippen LogP contribution in [0.1, 0.15) is 22.8 Å². The maximum Gasteiger partial charge on any atom is 0.328 e. The van der Waals surface area contributed by atoms with Crippen LogP contribution in [-0.4, -0.2) is 44.0 Å². The van der Waals surface area contributed by atoms with Gasteiger partial charge in [-0.25, -0.2) is 4.79 Å². The Balaban J connectivity index is 2.65. The SMILES string of the molecule is COC(=O)C(C)NC(=O)c1ccc(CN(C)C)cc1. The van der Waals surface area contributed by atoms with E-state index in [-0.39, 0.29) is 5.91 Å². The molecule has 5 nitrogen and oxygen atoms in total. The van der Waals surface area contributed by atoms with E-state index >= 15 is 0 Å². The zero-order chi connectivity index (χ0) is 14.4. The fraction of sp³-hybridized carbons (Fsp3) is 0.429. The Labute approximate surface area is 113 Å². The van der Waals surface area contributed by atoms with Gasteiger partial charge in [-0.15, -0.1) is 0 Å². The average Bonchev–Trinajstić information content (AvgIpc) is 2.37. The maximum absolute atomic E-state index is 11.9. The third-order valence-electron chi connectivity index (χ3n) is 2.62. The molecule has 1 aromatic carbocycles. The Kier molecular flexibility index (Phi) is 5.51. The molecule has 0 saturated carbocycles. The van der Waals surface area contributed by atoms with Crippen molar-refractivity contribution in [1.29, 1.82) is 0 Å². The molecule has 0 saturated heterocycles. The number of esters is 1. The molecule has 1 atom stereocenters. The summed E-state index contributed by atoms with van der Waals surface area (Å²) in [6.45, 7) is 2.41. The molecule has 1 rings (SSSR count). The zero-order valence-corrected chi connectivity index (χ0v) is 11.8. The van der Waals surface area contributed by atoms with Crippen molar-refractivity contribution >= 4 is 11.9 Å². The molecule has 0 heterocycles. The Morgan fingerprint density at radius 3 is 2.32 bits per heavy atom. The molecule has 0 aliphatic rings. The number of methoxy groups -OCH3 is 1. The molecule has 0 spiro atoms. The number of nitrogens with zero attached hydrogens (tertiary/aromatic N) is 1. The maximum atomic E-state index is 11.9. The van der Waals surface area contributed by atoms with Gasteiger partial charge < -0.3 is 15.0 Å². The van der Waals surface area contributed by atoms with Gasteiger partial charge in [0.1, 0.15) is 6.04 Å². The molecular weight excluding hydrogens is 244 g/mol. The van der Waals surface area contributed by atoms with Gasteiger partial charge in [0.25, 0.3) is 5.91 Å². The number of rotatable bonds is 5. The van der Waals surface area contributed by atoms with E-state index in [1.807, 2.05) is 26.2 Å². The highest BCUT2D eigenvalue weighted by atomic mass is 16.5. The lowest BCUT2D eigenvalue weighted by atomic mass is 10.1. The van der Waals surface area contributed by atoms with Crippen LogP contribution in [-0.2, 0) is 16.1 Å². The summed E-state index contributed by atoms with van der Waals surface area (Å²) in [7, 11) is 5.26. The highest BCUT2D eigenvalue weighted by molar-refractivity contribution is 5.96. The van der Waals surface area contributed by atoms with E-state index in [9.17, 15) is 9.59 Å². The van der Waals surface area contributed by atoms with E-state index in [1.54, 1.807) is 19.1 Å². The minimum atomic E-state index is -0.654. The van der Waals surface area contributed by atoms with Gasteiger partial charge in [0, 0.05) is 12.1 Å². The number of hydrogen-bond donors (Lipinski definition) is 1. The minimum absolute atomic E-state index is 0.283. The summed E-state index contributed by atoms with van der Waals surface area (Å²) in [5.41, 5.74) is 1.65. The smallest absolute Gasteiger partial charge is 0.328 e. The lowest BCUT2D eigenvalue weighted by Gasteiger charge is -2.12. The Morgan fingerprint density at radius 2 is 1.84 bits per heavy atom. The van der Waals surface area contributed by atoms with Crippen LogP contribution >= 0.6 is 0 Å². The molecule has 1 N–H and O–H groups in total. The van der Waals surface area contributed by atoms with Crippen molar-refractivity contribution in [3.05, 3.63) is 35.4 Å². The molecule has 19 heavy (non-hydrogen) atoms. The first-order valence-electron chi connectivity index (χ1n) is 6.06. The number of carbonyl (C=O) groups is 2. The van der Waals surface area contributed by atoms with Crippen molar-refractivity contribution < 1.29 is 14.3 Å². The van der Waals surface area contributed by atoms with Crippen molar-refractivity contribution in [1.82, 2.24) is 10.2 Å². The van der Waals surface area contributed by atoms with E-state index in [0.29, 0.717) is 5.56 Å². The molecule has 5 heteroatoms. The van der Waals surface area contributed by atoms with Crippen molar-refractivity contribution in [2.24, 2.45) is 0 Å². The molecule has 0 fully saturated rings. The fourth-order valence-electron chi connectivity index (χ4n) is 1.64. The predicted molar refractivity (Wildman–Crippen MR) is 72.8 cm³/mol. The topological polar surface area (TPSA) is 58.6 Å². The zero-order valence-electron chi connectivity index (χ0n) is 11.8. The molecule has 0 aliphatic carbocycles. The van der Waals surface area contributed by atoms with Crippen LogP contribution in [0.4, 0.5) is 0 Å². The van der Waals surface area contributed by atoms with E-state index in [0.717, 1.165) is 12.1 Å². The van der Waals surface area contributed by atoms with Gasteiger partial charge in [0.15, 0.2) is 0 Å². The van der Waals surface area contributed by atoms with Crippen LogP contribution < -0.4 is 5.32 Å². The molecule has 0 bridgehead atoms. The van der Waals surface area contributed by atoms with Crippen LogP contribution in [0.2, 0.25) is 0 Å². The van der Waals surface area contributed by atoms with Crippen molar-refractivity contribution in [2.75, 3.05) is 21.2 Å². The second kappa shape index (κ2) is 6.89. The summed E-state index contributed by atoms with van der Waals surface area (Å²) in [6.07, 6.45) is 0. The van der Waals surface area contributed by atoms with Gasteiger partial charge in [-0.1, -0.05) is 12.1 Å². The van der Waals surface area contributed by atoms with Crippen LogP contribution in [0.5, 0.6) is 0 Å². The van der Waals surface area contributed by atoms with Gasteiger partial charge in [0.05, 0.1) is 7.11 Å². The largest absolute Gasteiger partial charge is 0.467 e. The van der Waals surface area contributed by atoms with Crippen LogP contribution in [0, 0.1) is 0 Å². The van der Waals surface area contributed by atoms with Gasteiger partial charge in [-0.3, -0.25) is 4.79 Å². The number of amides is 1. The summed E-state index contributed by atoms with van der Waals surface area (Å²) in [5.74, 6) is -0.744. The van der Waals surface area contributed by atoms with Gasteiger partial charge >= 0.3 is 5.97 Å². The van der Waals surface area contributed by atoms with Crippen LogP contribution in [0.25, 0.3) is 0 Å². The fourth-order valence-corrected chi connectivity index (χ4v) is 1.64. The van der Waals surface area contributed by atoms with Crippen LogP contribution in [0.15, 0.2) is 24.3 Å². The number of benzene rings is 1. The third kappa shape index (κ3) is 4.71. The van der Waals surface area contributed by atoms with E-state index < -0.39 is 12.0 Å². The van der Waals surface area contributed by atoms with Gasteiger partial charge in [-0.2, -0.15) is 0 Å². The Hall–Kier alpha value is -1.88. The molecule has 0 aliphatic heterocycles. The quantitative estimate of drug-likeness (QED) is 0.807. The number of ether oxygens (including phenoxy) is 1. The molecular formula is C14H20N2O3. The molecule has 0 radical (unpaired) electrons. The van der Waals surface area contributed by atoms with E-state index in [4.69, 9.17) is 0 Å². The average molecular weight is 264 g/mol. The van der Waals surface area contributed by atoms with E-state index in [2.05, 4.69) is 15.0 Å². The molecule has 1 unspecified atom stereocenters. The van der Waals surface area contributed by atoms with Gasteiger partial charge in [-0.05, 0) is 38.7 Å². The lowest BCUT2D eigenvalue weighted by molar-refractivity contribution is -0.142. The Morgan fingerprint density at radius 1 is 1.26 bits per heavy atom. The number of hydrogen-bond acceptors (Lipinski definition) is 4. The predicted octanol–water partition coefficient (Wildman–Crippen LogP) is 1.04. The van der Waals surface area contributed by atoms with E-state index in [1.165, 1.54) is 7.11 Å². The second-order valence-corrected chi connectivity index (χ2v) is 4.65. The monoisotopic (exact) mass is 264 g/mol.